The van der Waals surface area contributed by atoms with Crippen LogP contribution in [-0.2, 0) is 11.2 Å². The van der Waals surface area contributed by atoms with Crippen LogP contribution in [0.1, 0.15) is 37.3 Å². The van der Waals surface area contributed by atoms with Crippen molar-refractivity contribution >= 4 is 0 Å². The van der Waals surface area contributed by atoms with Crippen molar-refractivity contribution in [3.05, 3.63) is 17.7 Å². The minimum atomic E-state index is 0.240. The quantitative estimate of drug-likeness (QED) is 0.826. The lowest BCUT2D eigenvalue weighted by Crippen LogP contribution is -1.99. The van der Waals surface area contributed by atoms with Gasteiger partial charge in [-0.1, -0.05) is 17.2 Å². The molecule has 18 heavy (non-hydrogen) atoms. The molecule has 0 bridgehead atoms. The Kier molecular flexibility index (Phi) is 3.10. The van der Waals surface area contributed by atoms with Gasteiger partial charge in [0.15, 0.2) is 11.5 Å². The fraction of sp³-hybridized carbons (Fsp3) is 0.583. The molecule has 0 saturated carbocycles. The molecule has 3 rings (SSSR count). The van der Waals surface area contributed by atoms with E-state index in [0.29, 0.717) is 24.0 Å². The molecule has 3 heterocycles. The molecule has 6 heteroatoms. The molecule has 96 valence electrons. The predicted molar refractivity (Wildman–Crippen MR) is 62.0 cm³/mol. The van der Waals surface area contributed by atoms with Crippen LogP contribution in [0.4, 0.5) is 0 Å². The molecule has 2 aromatic rings. The summed E-state index contributed by atoms with van der Waals surface area (Å²) >= 11 is 0. The number of hydrogen-bond acceptors (Lipinski definition) is 6. The highest BCUT2D eigenvalue weighted by Gasteiger charge is 2.24. The zero-order valence-corrected chi connectivity index (χ0v) is 10.3. The fourth-order valence-electron chi connectivity index (χ4n) is 2.02. The van der Waals surface area contributed by atoms with Crippen LogP contribution >= 0.6 is 0 Å². The first-order valence-electron chi connectivity index (χ1n) is 6.24. The van der Waals surface area contributed by atoms with Gasteiger partial charge in [0.1, 0.15) is 5.76 Å². The van der Waals surface area contributed by atoms with Gasteiger partial charge in [0, 0.05) is 25.0 Å². The molecule has 1 aliphatic rings. The van der Waals surface area contributed by atoms with Gasteiger partial charge in [0.25, 0.3) is 5.89 Å². The molecule has 0 unspecified atom stereocenters. The first-order chi connectivity index (χ1) is 8.86. The highest BCUT2D eigenvalue weighted by atomic mass is 16.5. The first-order valence-corrected chi connectivity index (χ1v) is 6.24. The Morgan fingerprint density at radius 2 is 2.28 bits per heavy atom. The van der Waals surface area contributed by atoms with E-state index in [-0.39, 0.29) is 5.92 Å². The second-order valence-electron chi connectivity index (χ2n) is 4.45. The smallest absolute Gasteiger partial charge is 0.280 e. The van der Waals surface area contributed by atoms with Crippen molar-refractivity contribution in [3.8, 4) is 11.6 Å². The van der Waals surface area contributed by atoms with E-state index >= 15 is 0 Å². The van der Waals surface area contributed by atoms with Gasteiger partial charge < -0.3 is 13.8 Å². The van der Waals surface area contributed by atoms with Gasteiger partial charge in [0.2, 0.25) is 0 Å². The van der Waals surface area contributed by atoms with Crippen molar-refractivity contribution in [2.75, 3.05) is 13.2 Å². The molecule has 2 aromatic heterocycles. The van der Waals surface area contributed by atoms with Gasteiger partial charge in [-0.05, 0) is 12.8 Å². The summed E-state index contributed by atoms with van der Waals surface area (Å²) in [5.74, 6) is 2.20. The zero-order valence-electron chi connectivity index (χ0n) is 10.3. The predicted octanol–water partition coefficient (Wildman–Crippen LogP) is 2.18. The normalized spacial score (nSPS) is 19.5. The number of aryl methyl sites for hydroxylation is 1. The number of nitrogens with zero attached hydrogens (tertiary/aromatic N) is 3. The van der Waals surface area contributed by atoms with Crippen molar-refractivity contribution in [1.29, 1.82) is 0 Å². The summed E-state index contributed by atoms with van der Waals surface area (Å²) < 4.78 is 15.7. The highest BCUT2D eigenvalue weighted by Crippen LogP contribution is 2.25. The lowest BCUT2D eigenvalue weighted by Gasteiger charge is -1.97. The standard InChI is InChI=1S/C12H15N3O3/c1-2-3-9-6-10(14-17-9)12-13-11(15-18-12)8-4-5-16-7-8/h6,8H,2-5,7H2,1H3/t8-/m0/s1. The average Bonchev–Trinajstić information content (AvgIpc) is 3.10. The molecule has 1 atom stereocenters. The van der Waals surface area contributed by atoms with Gasteiger partial charge in [-0.25, -0.2) is 0 Å². The number of hydrogen-bond donors (Lipinski definition) is 0. The molecule has 1 fully saturated rings. The average molecular weight is 249 g/mol. The van der Waals surface area contributed by atoms with Crippen LogP contribution in [0.3, 0.4) is 0 Å². The molecule has 0 amide bonds. The van der Waals surface area contributed by atoms with Crippen molar-refractivity contribution in [3.63, 3.8) is 0 Å². The van der Waals surface area contributed by atoms with E-state index in [1.807, 2.05) is 6.07 Å². The third-order valence-electron chi connectivity index (χ3n) is 3.01. The monoisotopic (exact) mass is 249 g/mol. The van der Waals surface area contributed by atoms with Gasteiger partial charge in [-0.3, -0.25) is 0 Å². The Morgan fingerprint density at radius 3 is 3.06 bits per heavy atom. The maximum absolute atomic E-state index is 5.31. The topological polar surface area (TPSA) is 74.2 Å². The Morgan fingerprint density at radius 1 is 1.33 bits per heavy atom. The molecule has 1 saturated heterocycles. The number of aromatic nitrogens is 3. The molecule has 0 aromatic carbocycles. The lowest BCUT2D eigenvalue weighted by molar-refractivity contribution is 0.192. The van der Waals surface area contributed by atoms with E-state index in [2.05, 4.69) is 22.2 Å². The van der Waals surface area contributed by atoms with Gasteiger partial charge in [0.05, 0.1) is 6.61 Å². The van der Waals surface area contributed by atoms with E-state index in [1.54, 1.807) is 0 Å². The SMILES string of the molecule is CCCc1cc(-c2nc([C@H]3CCOC3)no2)no1. The Balaban J connectivity index is 1.78. The van der Waals surface area contributed by atoms with E-state index in [9.17, 15) is 0 Å². The summed E-state index contributed by atoms with van der Waals surface area (Å²) in [5.41, 5.74) is 0.608. The van der Waals surface area contributed by atoms with Crippen LogP contribution < -0.4 is 0 Å². The van der Waals surface area contributed by atoms with Crippen LogP contribution in [0.2, 0.25) is 0 Å². The fourth-order valence-corrected chi connectivity index (χ4v) is 2.02. The third kappa shape index (κ3) is 2.15. The van der Waals surface area contributed by atoms with Crippen LogP contribution in [-0.4, -0.2) is 28.5 Å². The minimum Gasteiger partial charge on any atom is -0.381 e. The summed E-state index contributed by atoms with van der Waals surface area (Å²) in [6, 6.07) is 1.85. The van der Waals surface area contributed by atoms with Crippen LogP contribution in [0.5, 0.6) is 0 Å². The largest absolute Gasteiger partial charge is 0.381 e. The second kappa shape index (κ2) is 4.89. The molecular weight excluding hydrogens is 234 g/mol. The lowest BCUT2D eigenvalue weighted by atomic mass is 10.1. The maximum atomic E-state index is 5.31. The van der Waals surface area contributed by atoms with Gasteiger partial charge in [-0.2, -0.15) is 4.98 Å². The first kappa shape index (κ1) is 11.4. The van der Waals surface area contributed by atoms with E-state index < -0.39 is 0 Å². The Hall–Kier alpha value is -1.69. The van der Waals surface area contributed by atoms with Gasteiger partial charge >= 0.3 is 0 Å². The molecule has 0 radical (unpaired) electrons. The highest BCUT2D eigenvalue weighted by molar-refractivity contribution is 5.45. The molecule has 0 spiro atoms. The summed E-state index contributed by atoms with van der Waals surface area (Å²) in [7, 11) is 0. The molecule has 1 aliphatic heterocycles. The molecule has 6 nitrogen and oxygen atoms in total. The van der Waals surface area contributed by atoms with Gasteiger partial charge in [-0.15, -0.1) is 0 Å². The summed E-state index contributed by atoms with van der Waals surface area (Å²) in [5, 5.41) is 7.92. The Labute approximate surface area is 104 Å². The maximum Gasteiger partial charge on any atom is 0.280 e. The number of rotatable bonds is 4. The summed E-state index contributed by atoms with van der Waals surface area (Å²) in [4.78, 5) is 4.36. The van der Waals surface area contributed by atoms with Crippen molar-refractivity contribution in [2.24, 2.45) is 0 Å². The number of ether oxygens (including phenoxy) is 1. The van der Waals surface area contributed by atoms with E-state index in [4.69, 9.17) is 13.8 Å². The third-order valence-corrected chi connectivity index (χ3v) is 3.01. The van der Waals surface area contributed by atoms with E-state index in [1.165, 1.54) is 0 Å². The van der Waals surface area contributed by atoms with E-state index in [0.717, 1.165) is 31.6 Å². The Bertz CT molecular complexity index is 514. The molecular formula is C12H15N3O3. The second-order valence-corrected chi connectivity index (χ2v) is 4.45. The minimum absolute atomic E-state index is 0.240. The summed E-state index contributed by atoms with van der Waals surface area (Å²) in [6.45, 7) is 3.52. The molecule has 0 aliphatic carbocycles. The van der Waals surface area contributed by atoms with Crippen molar-refractivity contribution in [1.82, 2.24) is 15.3 Å². The van der Waals surface area contributed by atoms with Crippen molar-refractivity contribution < 1.29 is 13.8 Å². The summed E-state index contributed by atoms with van der Waals surface area (Å²) in [6.07, 6.45) is 2.83. The van der Waals surface area contributed by atoms with Crippen LogP contribution in [0.15, 0.2) is 15.1 Å². The molecule has 0 N–H and O–H groups in total. The zero-order chi connectivity index (χ0) is 12.4. The van der Waals surface area contributed by atoms with Crippen molar-refractivity contribution in [2.45, 2.75) is 32.1 Å². The van der Waals surface area contributed by atoms with Crippen LogP contribution in [0, 0.1) is 0 Å². The van der Waals surface area contributed by atoms with Crippen LogP contribution in [0.25, 0.3) is 11.6 Å².